The highest BCUT2D eigenvalue weighted by molar-refractivity contribution is 6.34. The molecule has 0 aromatic carbocycles. The maximum Gasteiger partial charge on any atom is 0.225 e. The zero-order valence-electron chi connectivity index (χ0n) is 9.34. The van der Waals surface area contributed by atoms with Crippen LogP contribution in [0.15, 0.2) is 0 Å². The zero-order valence-corrected chi connectivity index (χ0v) is 10.9. The van der Waals surface area contributed by atoms with Crippen LogP contribution in [0.1, 0.15) is 37.7 Å². The number of rotatable bonds is 3. The largest absolute Gasteiger partial charge is 0.367 e. The standard InChI is InChI=1S/C11H14Cl2N4/c12-9-8(6-14)10(17-11(13)16-9)15-7-4-2-1-3-5-7/h6-7,14H,1-5H2,(H,15,16,17). The van der Waals surface area contributed by atoms with E-state index in [1.54, 1.807) is 0 Å². The lowest BCUT2D eigenvalue weighted by molar-refractivity contribution is 0.462. The lowest BCUT2D eigenvalue weighted by Crippen LogP contribution is -2.23. The van der Waals surface area contributed by atoms with Crippen LogP contribution in [0.25, 0.3) is 0 Å². The lowest BCUT2D eigenvalue weighted by Gasteiger charge is -2.24. The van der Waals surface area contributed by atoms with E-state index in [0.717, 1.165) is 19.1 Å². The van der Waals surface area contributed by atoms with Crippen molar-refractivity contribution in [3.8, 4) is 0 Å². The second-order valence-electron chi connectivity index (χ2n) is 4.17. The summed E-state index contributed by atoms with van der Waals surface area (Å²) in [5.74, 6) is 0.567. The first-order valence-electron chi connectivity index (χ1n) is 5.70. The summed E-state index contributed by atoms with van der Waals surface area (Å²) in [5.41, 5.74) is 0.502. The maximum atomic E-state index is 7.34. The van der Waals surface area contributed by atoms with E-state index in [2.05, 4.69) is 15.3 Å². The molecule has 6 heteroatoms. The van der Waals surface area contributed by atoms with E-state index in [0.29, 0.717) is 17.4 Å². The summed E-state index contributed by atoms with van der Waals surface area (Å²) < 4.78 is 0. The van der Waals surface area contributed by atoms with Crippen LogP contribution < -0.4 is 5.32 Å². The van der Waals surface area contributed by atoms with Crippen molar-refractivity contribution in [1.29, 1.82) is 5.41 Å². The number of aromatic nitrogens is 2. The Morgan fingerprint density at radius 2 is 1.88 bits per heavy atom. The van der Waals surface area contributed by atoms with Crippen LogP contribution in [0, 0.1) is 5.41 Å². The van der Waals surface area contributed by atoms with Crippen molar-refractivity contribution >= 4 is 35.2 Å². The molecule has 1 saturated carbocycles. The minimum atomic E-state index is 0.110. The number of nitrogens with one attached hydrogen (secondary N) is 2. The molecule has 0 unspecified atom stereocenters. The van der Waals surface area contributed by atoms with E-state index in [9.17, 15) is 0 Å². The van der Waals surface area contributed by atoms with Crippen LogP contribution in [0.3, 0.4) is 0 Å². The third-order valence-corrected chi connectivity index (χ3v) is 3.42. The molecule has 4 nitrogen and oxygen atoms in total. The van der Waals surface area contributed by atoms with Gasteiger partial charge in [0, 0.05) is 12.3 Å². The minimum absolute atomic E-state index is 0.110. The fourth-order valence-corrected chi connectivity index (χ4v) is 2.53. The molecule has 1 fully saturated rings. The Morgan fingerprint density at radius 3 is 2.53 bits per heavy atom. The summed E-state index contributed by atoms with van der Waals surface area (Å²) in [4.78, 5) is 7.93. The van der Waals surface area contributed by atoms with Crippen LogP contribution in [-0.4, -0.2) is 22.2 Å². The van der Waals surface area contributed by atoms with Gasteiger partial charge in [0.2, 0.25) is 5.28 Å². The first kappa shape index (κ1) is 12.6. The summed E-state index contributed by atoms with van der Waals surface area (Å²) in [6.07, 6.45) is 7.15. The van der Waals surface area contributed by atoms with Gasteiger partial charge >= 0.3 is 0 Å². The monoisotopic (exact) mass is 272 g/mol. The molecule has 17 heavy (non-hydrogen) atoms. The summed E-state index contributed by atoms with van der Waals surface area (Å²) in [6, 6.07) is 0.393. The molecule has 1 aliphatic rings. The van der Waals surface area contributed by atoms with Gasteiger partial charge in [-0.05, 0) is 24.4 Å². The van der Waals surface area contributed by atoms with Crippen molar-refractivity contribution in [1.82, 2.24) is 9.97 Å². The topological polar surface area (TPSA) is 61.7 Å². The number of hydrogen-bond donors (Lipinski definition) is 2. The normalized spacial score (nSPS) is 16.8. The van der Waals surface area contributed by atoms with Gasteiger partial charge in [-0.25, -0.2) is 9.97 Å². The van der Waals surface area contributed by atoms with Crippen molar-refractivity contribution in [2.24, 2.45) is 0 Å². The Labute approximate surface area is 110 Å². The maximum absolute atomic E-state index is 7.34. The van der Waals surface area contributed by atoms with E-state index >= 15 is 0 Å². The molecule has 1 aromatic rings. The van der Waals surface area contributed by atoms with E-state index in [1.807, 2.05) is 0 Å². The molecular formula is C11H14Cl2N4. The van der Waals surface area contributed by atoms with Crippen molar-refractivity contribution in [3.63, 3.8) is 0 Å². The number of halogens is 2. The van der Waals surface area contributed by atoms with E-state index in [1.165, 1.54) is 19.3 Å². The first-order valence-corrected chi connectivity index (χ1v) is 6.46. The Morgan fingerprint density at radius 1 is 1.18 bits per heavy atom. The Balaban J connectivity index is 2.21. The van der Waals surface area contributed by atoms with Gasteiger partial charge in [0.15, 0.2) is 0 Å². The third-order valence-electron chi connectivity index (χ3n) is 2.96. The van der Waals surface area contributed by atoms with Crippen LogP contribution in [-0.2, 0) is 0 Å². The van der Waals surface area contributed by atoms with Crippen molar-refractivity contribution < 1.29 is 0 Å². The smallest absolute Gasteiger partial charge is 0.225 e. The van der Waals surface area contributed by atoms with E-state index in [4.69, 9.17) is 28.6 Å². The van der Waals surface area contributed by atoms with Gasteiger partial charge in [-0.3, -0.25) is 0 Å². The molecule has 0 atom stereocenters. The Bertz CT molecular complexity index is 416. The van der Waals surface area contributed by atoms with Crippen LogP contribution in [0.2, 0.25) is 10.4 Å². The zero-order chi connectivity index (χ0) is 12.3. The Kier molecular flexibility index (Phi) is 4.18. The van der Waals surface area contributed by atoms with Gasteiger partial charge < -0.3 is 10.7 Å². The second kappa shape index (κ2) is 5.65. The minimum Gasteiger partial charge on any atom is -0.367 e. The SMILES string of the molecule is N=Cc1c(Cl)nc(Cl)nc1NC1CCCCC1. The molecular weight excluding hydrogens is 259 g/mol. The molecule has 0 spiro atoms. The molecule has 0 radical (unpaired) electrons. The van der Waals surface area contributed by atoms with Gasteiger partial charge in [0.25, 0.3) is 0 Å². The summed E-state index contributed by atoms with van der Waals surface area (Å²) in [5, 5.41) is 11.0. The van der Waals surface area contributed by atoms with E-state index in [-0.39, 0.29) is 10.4 Å². The molecule has 1 heterocycles. The lowest BCUT2D eigenvalue weighted by atomic mass is 9.95. The highest BCUT2D eigenvalue weighted by atomic mass is 35.5. The van der Waals surface area contributed by atoms with E-state index < -0.39 is 0 Å². The van der Waals surface area contributed by atoms with Gasteiger partial charge in [0.1, 0.15) is 11.0 Å². The predicted molar refractivity (Wildman–Crippen MR) is 70.4 cm³/mol. The second-order valence-corrected chi connectivity index (χ2v) is 4.87. The molecule has 2 N–H and O–H groups in total. The fraction of sp³-hybridized carbons (Fsp3) is 0.545. The molecule has 0 aliphatic heterocycles. The van der Waals surface area contributed by atoms with Crippen LogP contribution in [0.4, 0.5) is 5.82 Å². The van der Waals surface area contributed by atoms with Crippen molar-refractivity contribution in [2.45, 2.75) is 38.1 Å². The molecule has 0 bridgehead atoms. The van der Waals surface area contributed by atoms with Gasteiger partial charge in [-0.15, -0.1) is 0 Å². The number of hydrogen-bond acceptors (Lipinski definition) is 4. The third kappa shape index (κ3) is 3.07. The summed E-state index contributed by atoms with van der Waals surface area (Å²) in [6.45, 7) is 0. The number of nitrogens with zero attached hydrogens (tertiary/aromatic N) is 2. The molecule has 0 amide bonds. The molecule has 2 rings (SSSR count). The summed E-state index contributed by atoms with van der Waals surface area (Å²) in [7, 11) is 0. The molecule has 92 valence electrons. The highest BCUT2D eigenvalue weighted by Gasteiger charge is 2.17. The van der Waals surface area contributed by atoms with Gasteiger partial charge in [-0.2, -0.15) is 0 Å². The van der Waals surface area contributed by atoms with Crippen LogP contribution >= 0.6 is 23.2 Å². The van der Waals surface area contributed by atoms with Crippen LogP contribution in [0.5, 0.6) is 0 Å². The number of anilines is 1. The van der Waals surface area contributed by atoms with Crippen molar-refractivity contribution in [3.05, 3.63) is 16.0 Å². The fourth-order valence-electron chi connectivity index (χ4n) is 2.09. The predicted octanol–water partition coefficient (Wildman–Crippen LogP) is 3.53. The molecule has 1 aliphatic carbocycles. The Hall–Kier alpha value is -0.870. The highest BCUT2D eigenvalue weighted by Crippen LogP contribution is 2.25. The first-order chi connectivity index (χ1) is 8.20. The summed E-state index contributed by atoms with van der Waals surface area (Å²) >= 11 is 11.7. The molecule has 0 saturated heterocycles. The molecule has 1 aromatic heterocycles. The average Bonchev–Trinajstić information content (AvgIpc) is 2.30. The van der Waals surface area contributed by atoms with Gasteiger partial charge in [-0.1, -0.05) is 30.9 Å². The van der Waals surface area contributed by atoms with Crippen molar-refractivity contribution in [2.75, 3.05) is 5.32 Å². The average molecular weight is 273 g/mol. The van der Waals surface area contributed by atoms with Gasteiger partial charge in [0.05, 0.1) is 5.56 Å². The quantitative estimate of drug-likeness (QED) is 0.503.